The summed E-state index contributed by atoms with van der Waals surface area (Å²) in [5.41, 5.74) is 2.30. The van der Waals surface area contributed by atoms with Crippen LogP contribution in [0.4, 0.5) is 0 Å². The first-order valence-electron chi connectivity index (χ1n) is 6.61. The van der Waals surface area contributed by atoms with E-state index in [-0.39, 0.29) is 0 Å². The summed E-state index contributed by atoms with van der Waals surface area (Å²) >= 11 is 5.99. The number of alkyl halides is 1. The highest BCUT2D eigenvalue weighted by atomic mass is 35.5. The number of rotatable bonds is 4. The fourth-order valence-electron chi connectivity index (χ4n) is 2.26. The van der Waals surface area contributed by atoms with Crippen molar-refractivity contribution in [2.24, 2.45) is 0 Å². The van der Waals surface area contributed by atoms with Crippen molar-refractivity contribution >= 4 is 22.4 Å². The first kappa shape index (κ1) is 13.0. The smallest absolute Gasteiger partial charge is 0.120 e. The molecule has 0 spiro atoms. The maximum Gasteiger partial charge on any atom is 0.120 e. The fourth-order valence-corrected chi connectivity index (χ4v) is 2.50. The van der Waals surface area contributed by atoms with E-state index in [0.717, 1.165) is 16.7 Å². The van der Waals surface area contributed by atoms with Gasteiger partial charge < -0.3 is 4.74 Å². The molecule has 0 aliphatic heterocycles. The zero-order chi connectivity index (χ0) is 13.8. The maximum absolute atomic E-state index is 5.99. The third-order valence-electron chi connectivity index (χ3n) is 3.34. The van der Waals surface area contributed by atoms with E-state index in [4.69, 9.17) is 16.3 Å². The van der Waals surface area contributed by atoms with Gasteiger partial charge in [0.2, 0.25) is 0 Å². The Bertz CT molecular complexity index is 707. The third kappa shape index (κ3) is 2.78. The summed E-state index contributed by atoms with van der Waals surface area (Å²) in [6, 6.07) is 22.5. The van der Waals surface area contributed by atoms with Crippen LogP contribution >= 0.6 is 11.6 Å². The molecular weight excluding hydrogens is 268 g/mol. The van der Waals surface area contributed by atoms with Crippen molar-refractivity contribution in [2.45, 2.75) is 12.5 Å². The molecule has 0 aliphatic carbocycles. The number of fused-ring (bicyclic) bond motifs is 1. The van der Waals surface area contributed by atoms with Gasteiger partial charge in [-0.3, -0.25) is 0 Å². The van der Waals surface area contributed by atoms with Gasteiger partial charge in [-0.05, 0) is 34.0 Å². The zero-order valence-corrected chi connectivity index (χ0v) is 11.8. The van der Waals surface area contributed by atoms with Gasteiger partial charge in [0.05, 0.1) is 0 Å². The Balaban J connectivity index is 1.85. The summed E-state index contributed by atoms with van der Waals surface area (Å²) in [5, 5.41) is 2.35. The Kier molecular flexibility index (Phi) is 3.89. The number of benzene rings is 3. The molecule has 0 amide bonds. The Morgan fingerprint density at radius 1 is 0.850 bits per heavy atom. The Morgan fingerprint density at radius 2 is 1.70 bits per heavy atom. The molecule has 0 bridgehead atoms. The minimum atomic E-state index is 0.513. The zero-order valence-electron chi connectivity index (χ0n) is 11.1. The first-order chi connectivity index (χ1) is 9.86. The van der Waals surface area contributed by atoms with Gasteiger partial charge in [0.25, 0.3) is 0 Å². The van der Waals surface area contributed by atoms with E-state index in [9.17, 15) is 0 Å². The van der Waals surface area contributed by atoms with Gasteiger partial charge in [-0.1, -0.05) is 54.6 Å². The summed E-state index contributed by atoms with van der Waals surface area (Å²) in [7, 11) is 0. The molecule has 3 rings (SSSR count). The van der Waals surface area contributed by atoms with Crippen molar-refractivity contribution in [3.8, 4) is 5.75 Å². The summed E-state index contributed by atoms with van der Waals surface area (Å²) in [5.74, 6) is 1.39. The normalized spacial score (nSPS) is 10.7. The largest absolute Gasteiger partial charge is 0.489 e. The number of halogens is 1. The highest BCUT2D eigenvalue weighted by Gasteiger charge is 2.02. The summed E-state index contributed by atoms with van der Waals surface area (Å²) in [4.78, 5) is 0. The van der Waals surface area contributed by atoms with Crippen LogP contribution in [0.3, 0.4) is 0 Å². The SMILES string of the molecule is ClCc1cccc2ccc(OCc3ccccc3)cc12. The quantitative estimate of drug-likeness (QED) is 0.601. The van der Waals surface area contributed by atoms with Crippen molar-refractivity contribution < 1.29 is 4.74 Å². The van der Waals surface area contributed by atoms with Gasteiger partial charge in [-0.25, -0.2) is 0 Å². The van der Waals surface area contributed by atoms with E-state index in [1.165, 1.54) is 10.9 Å². The lowest BCUT2D eigenvalue weighted by Gasteiger charge is -2.09. The second kappa shape index (κ2) is 5.98. The minimum Gasteiger partial charge on any atom is -0.489 e. The van der Waals surface area contributed by atoms with Crippen LogP contribution in [0.2, 0.25) is 0 Å². The van der Waals surface area contributed by atoms with Gasteiger partial charge in [0.15, 0.2) is 0 Å². The lowest BCUT2D eigenvalue weighted by molar-refractivity contribution is 0.306. The third-order valence-corrected chi connectivity index (χ3v) is 3.62. The Morgan fingerprint density at radius 3 is 2.50 bits per heavy atom. The molecular formula is C18H15ClO. The molecule has 0 fully saturated rings. The van der Waals surface area contributed by atoms with Crippen molar-refractivity contribution in [3.63, 3.8) is 0 Å². The van der Waals surface area contributed by atoms with Crippen LogP contribution in [0.15, 0.2) is 66.7 Å². The molecule has 0 radical (unpaired) electrons. The summed E-state index contributed by atoms with van der Waals surface area (Å²) in [6.07, 6.45) is 0. The van der Waals surface area contributed by atoms with Crippen LogP contribution in [0.25, 0.3) is 10.8 Å². The van der Waals surface area contributed by atoms with Crippen LogP contribution in [-0.4, -0.2) is 0 Å². The van der Waals surface area contributed by atoms with Crippen LogP contribution in [-0.2, 0) is 12.5 Å². The Labute approximate surface area is 123 Å². The molecule has 20 heavy (non-hydrogen) atoms. The monoisotopic (exact) mass is 282 g/mol. The average Bonchev–Trinajstić information content (AvgIpc) is 2.53. The molecule has 100 valence electrons. The van der Waals surface area contributed by atoms with Crippen LogP contribution in [0.1, 0.15) is 11.1 Å². The molecule has 0 saturated heterocycles. The second-order valence-electron chi connectivity index (χ2n) is 4.71. The van der Waals surface area contributed by atoms with Gasteiger partial charge in [-0.15, -0.1) is 11.6 Å². The number of hydrogen-bond donors (Lipinski definition) is 0. The Hall–Kier alpha value is -1.99. The predicted octanol–water partition coefficient (Wildman–Crippen LogP) is 5.16. The average molecular weight is 283 g/mol. The standard InChI is InChI=1S/C18H15ClO/c19-12-16-8-4-7-15-9-10-17(11-18(15)16)20-13-14-5-2-1-3-6-14/h1-11H,12-13H2. The highest BCUT2D eigenvalue weighted by molar-refractivity contribution is 6.18. The van der Waals surface area contributed by atoms with Crippen molar-refractivity contribution in [3.05, 3.63) is 77.9 Å². The number of hydrogen-bond acceptors (Lipinski definition) is 1. The summed E-state index contributed by atoms with van der Waals surface area (Å²) in [6.45, 7) is 0.579. The molecule has 3 aromatic rings. The van der Waals surface area contributed by atoms with Gasteiger partial charge in [0.1, 0.15) is 12.4 Å². The van der Waals surface area contributed by atoms with Gasteiger partial charge in [-0.2, -0.15) is 0 Å². The van der Waals surface area contributed by atoms with Crippen molar-refractivity contribution in [1.29, 1.82) is 0 Å². The molecule has 0 aliphatic rings. The lowest BCUT2D eigenvalue weighted by Crippen LogP contribution is -1.95. The van der Waals surface area contributed by atoms with E-state index in [1.807, 2.05) is 30.3 Å². The molecule has 0 saturated carbocycles. The van der Waals surface area contributed by atoms with Crippen molar-refractivity contribution in [2.75, 3.05) is 0 Å². The van der Waals surface area contributed by atoms with E-state index < -0.39 is 0 Å². The van der Waals surface area contributed by atoms with Crippen LogP contribution < -0.4 is 4.74 Å². The summed E-state index contributed by atoms with van der Waals surface area (Å²) < 4.78 is 5.86. The molecule has 0 heterocycles. The van der Waals surface area contributed by atoms with Crippen LogP contribution in [0, 0.1) is 0 Å². The van der Waals surface area contributed by atoms with Crippen LogP contribution in [0.5, 0.6) is 5.75 Å². The van der Waals surface area contributed by atoms with Gasteiger partial charge >= 0.3 is 0 Å². The molecule has 2 heteroatoms. The van der Waals surface area contributed by atoms with E-state index in [1.54, 1.807) is 0 Å². The van der Waals surface area contributed by atoms with Crippen molar-refractivity contribution in [1.82, 2.24) is 0 Å². The lowest BCUT2D eigenvalue weighted by atomic mass is 10.1. The molecule has 0 atom stereocenters. The molecule has 0 unspecified atom stereocenters. The highest BCUT2D eigenvalue weighted by Crippen LogP contribution is 2.25. The second-order valence-corrected chi connectivity index (χ2v) is 4.98. The fraction of sp³-hybridized carbons (Fsp3) is 0.111. The molecule has 0 aromatic heterocycles. The molecule has 0 N–H and O–H groups in total. The molecule has 3 aromatic carbocycles. The van der Waals surface area contributed by atoms with E-state index >= 15 is 0 Å². The minimum absolute atomic E-state index is 0.513. The predicted molar refractivity (Wildman–Crippen MR) is 84.3 cm³/mol. The first-order valence-corrected chi connectivity index (χ1v) is 7.14. The van der Waals surface area contributed by atoms with E-state index in [2.05, 4.69) is 36.4 Å². The van der Waals surface area contributed by atoms with E-state index in [0.29, 0.717) is 12.5 Å². The maximum atomic E-state index is 5.99. The topological polar surface area (TPSA) is 9.23 Å². The number of ether oxygens (including phenoxy) is 1. The molecule has 1 nitrogen and oxygen atoms in total. The van der Waals surface area contributed by atoms with Gasteiger partial charge in [0, 0.05) is 5.88 Å².